The summed E-state index contributed by atoms with van der Waals surface area (Å²) in [5.74, 6) is -0.992. The molecule has 196 valence electrons. The summed E-state index contributed by atoms with van der Waals surface area (Å²) in [6.07, 6.45) is 0. The SMILES string of the molecule is CCNC(=O)C(C)N(Cc1c(Cl)cccc1Cl)C(=O)CN(c1cccc(Br)c1)S(=O)(=O)c1ccccc1. The van der Waals surface area contributed by atoms with Crippen LogP contribution in [0, 0.1) is 0 Å². The summed E-state index contributed by atoms with van der Waals surface area (Å²) in [6, 6.07) is 18.5. The van der Waals surface area contributed by atoms with Crippen molar-refractivity contribution in [3.63, 3.8) is 0 Å². The van der Waals surface area contributed by atoms with Crippen LogP contribution in [0.15, 0.2) is 82.2 Å². The van der Waals surface area contributed by atoms with Gasteiger partial charge in [0.2, 0.25) is 11.8 Å². The number of nitrogens with zero attached hydrogens (tertiary/aromatic N) is 2. The van der Waals surface area contributed by atoms with E-state index in [1.54, 1.807) is 74.5 Å². The van der Waals surface area contributed by atoms with Crippen molar-refractivity contribution < 1.29 is 18.0 Å². The van der Waals surface area contributed by atoms with E-state index in [0.717, 1.165) is 4.31 Å². The third-order valence-electron chi connectivity index (χ3n) is 5.61. The highest BCUT2D eigenvalue weighted by Gasteiger charge is 2.33. The van der Waals surface area contributed by atoms with Gasteiger partial charge in [-0.15, -0.1) is 0 Å². The molecule has 0 radical (unpaired) electrons. The fourth-order valence-corrected chi connectivity index (χ4v) is 5.97. The Morgan fingerprint density at radius 2 is 1.59 bits per heavy atom. The third kappa shape index (κ3) is 7.04. The van der Waals surface area contributed by atoms with E-state index in [1.807, 2.05) is 0 Å². The first-order valence-electron chi connectivity index (χ1n) is 11.4. The second-order valence-electron chi connectivity index (χ2n) is 8.10. The van der Waals surface area contributed by atoms with Crippen molar-refractivity contribution in [3.05, 3.63) is 92.9 Å². The van der Waals surface area contributed by atoms with Crippen molar-refractivity contribution >= 4 is 66.7 Å². The summed E-state index contributed by atoms with van der Waals surface area (Å²) in [4.78, 5) is 27.9. The monoisotopic (exact) mass is 625 g/mol. The highest BCUT2D eigenvalue weighted by Crippen LogP contribution is 2.29. The number of hydrogen-bond acceptors (Lipinski definition) is 4. The molecule has 3 aromatic rings. The van der Waals surface area contributed by atoms with Gasteiger partial charge in [-0.1, -0.05) is 69.5 Å². The molecule has 1 atom stereocenters. The molecule has 1 unspecified atom stereocenters. The molecule has 0 heterocycles. The maximum Gasteiger partial charge on any atom is 0.264 e. The lowest BCUT2D eigenvalue weighted by molar-refractivity contribution is -0.139. The second kappa shape index (κ2) is 12.8. The molecule has 2 amide bonds. The van der Waals surface area contributed by atoms with E-state index in [4.69, 9.17) is 23.2 Å². The van der Waals surface area contributed by atoms with Gasteiger partial charge >= 0.3 is 0 Å². The van der Waals surface area contributed by atoms with Crippen molar-refractivity contribution in [2.75, 3.05) is 17.4 Å². The van der Waals surface area contributed by atoms with E-state index in [2.05, 4.69) is 21.2 Å². The van der Waals surface area contributed by atoms with E-state index in [1.165, 1.54) is 17.0 Å². The van der Waals surface area contributed by atoms with Crippen molar-refractivity contribution in [2.24, 2.45) is 0 Å². The van der Waals surface area contributed by atoms with Gasteiger partial charge in [-0.2, -0.15) is 0 Å². The number of benzene rings is 3. The molecule has 0 fully saturated rings. The number of likely N-dealkylation sites (N-methyl/N-ethyl adjacent to an activating group) is 1. The Morgan fingerprint density at radius 3 is 2.19 bits per heavy atom. The minimum atomic E-state index is -4.13. The number of halogens is 3. The maximum atomic E-state index is 13.8. The largest absolute Gasteiger partial charge is 0.355 e. The third-order valence-corrected chi connectivity index (χ3v) is 8.60. The zero-order valence-corrected chi connectivity index (χ0v) is 24.1. The average Bonchev–Trinajstić information content (AvgIpc) is 2.87. The summed E-state index contributed by atoms with van der Waals surface area (Å²) in [7, 11) is -4.13. The van der Waals surface area contributed by atoms with Crippen LogP contribution < -0.4 is 9.62 Å². The van der Waals surface area contributed by atoms with Gasteiger partial charge in [0.05, 0.1) is 10.6 Å². The molecule has 3 rings (SSSR count). The van der Waals surface area contributed by atoms with Gasteiger partial charge in [0.25, 0.3) is 10.0 Å². The Kier molecular flexibility index (Phi) is 10.0. The van der Waals surface area contributed by atoms with Crippen LogP contribution in [0.5, 0.6) is 0 Å². The Hall–Kier alpha value is -2.59. The van der Waals surface area contributed by atoms with Crippen LogP contribution in [0.3, 0.4) is 0 Å². The molecular weight excluding hydrogens is 601 g/mol. The van der Waals surface area contributed by atoms with E-state index in [0.29, 0.717) is 26.6 Å². The molecule has 0 spiro atoms. The molecule has 0 aromatic heterocycles. The Balaban J connectivity index is 2.06. The predicted octanol–water partition coefficient (Wildman–Crippen LogP) is 5.50. The lowest BCUT2D eigenvalue weighted by Gasteiger charge is -2.32. The number of amides is 2. The van der Waals surface area contributed by atoms with E-state index >= 15 is 0 Å². The molecule has 0 aliphatic carbocycles. The molecule has 1 N–H and O–H groups in total. The number of carbonyl (C=O) groups is 2. The van der Waals surface area contributed by atoms with Crippen molar-refractivity contribution in [1.29, 1.82) is 0 Å². The average molecular weight is 627 g/mol. The van der Waals surface area contributed by atoms with E-state index < -0.39 is 28.5 Å². The molecule has 7 nitrogen and oxygen atoms in total. The van der Waals surface area contributed by atoms with Gasteiger partial charge in [-0.05, 0) is 56.3 Å². The Labute approximate surface area is 235 Å². The number of anilines is 1. The Bertz CT molecular complexity index is 1350. The van der Waals surface area contributed by atoms with E-state index in [9.17, 15) is 18.0 Å². The molecule has 0 saturated carbocycles. The number of sulfonamides is 1. The zero-order chi connectivity index (χ0) is 27.2. The number of hydrogen-bond donors (Lipinski definition) is 1. The van der Waals surface area contributed by atoms with Crippen LogP contribution in [0.1, 0.15) is 19.4 Å². The van der Waals surface area contributed by atoms with E-state index in [-0.39, 0.29) is 23.0 Å². The molecule has 0 saturated heterocycles. The first-order chi connectivity index (χ1) is 17.6. The lowest BCUT2D eigenvalue weighted by atomic mass is 10.1. The van der Waals surface area contributed by atoms with Crippen LogP contribution in [0.2, 0.25) is 10.0 Å². The topological polar surface area (TPSA) is 86.8 Å². The predicted molar refractivity (Wildman–Crippen MR) is 150 cm³/mol. The molecular formula is C26H26BrCl2N3O4S. The van der Waals surface area contributed by atoms with Crippen LogP contribution in [-0.4, -0.2) is 44.3 Å². The quantitative estimate of drug-likeness (QED) is 0.322. The zero-order valence-electron chi connectivity index (χ0n) is 20.2. The molecule has 3 aromatic carbocycles. The lowest BCUT2D eigenvalue weighted by Crippen LogP contribution is -2.51. The number of rotatable bonds is 10. The summed E-state index contributed by atoms with van der Waals surface area (Å²) in [6.45, 7) is 3.06. The number of carbonyl (C=O) groups excluding carboxylic acids is 2. The first kappa shape index (κ1) is 29.0. The van der Waals surface area contributed by atoms with Gasteiger partial charge in [0.15, 0.2) is 0 Å². The minimum absolute atomic E-state index is 0.0280. The highest BCUT2D eigenvalue weighted by atomic mass is 79.9. The van der Waals surface area contributed by atoms with Crippen molar-refractivity contribution in [2.45, 2.75) is 31.3 Å². The van der Waals surface area contributed by atoms with Crippen LogP contribution in [-0.2, 0) is 26.2 Å². The van der Waals surface area contributed by atoms with Crippen LogP contribution in [0.4, 0.5) is 5.69 Å². The summed E-state index contributed by atoms with van der Waals surface area (Å²) >= 11 is 16.1. The van der Waals surface area contributed by atoms with Crippen LogP contribution in [0.25, 0.3) is 0 Å². The van der Waals surface area contributed by atoms with Crippen molar-refractivity contribution in [1.82, 2.24) is 10.2 Å². The van der Waals surface area contributed by atoms with Gasteiger partial charge < -0.3 is 10.2 Å². The molecule has 0 aliphatic heterocycles. The standard InChI is InChI=1S/C26H26BrCl2N3O4S/c1-3-30-26(34)18(2)31(16-22-23(28)13-8-14-24(22)29)25(33)17-32(20-10-7-9-19(27)15-20)37(35,36)21-11-5-4-6-12-21/h4-15,18H,3,16-17H2,1-2H3,(H,30,34). The van der Waals surface area contributed by atoms with Gasteiger partial charge in [0, 0.05) is 33.2 Å². The smallest absolute Gasteiger partial charge is 0.264 e. The molecule has 11 heteroatoms. The number of nitrogens with one attached hydrogen (secondary N) is 1. The first-order valence-corrected chi connectivity index (χ1v) is 14.4. The highest BCUT2D eigenvalue weighted by molar-refractivity contribution is 9.10. The molecule has 0 aliphatic rings. The Morgan fingerprint density at radius 1 is 0.973 bits per heavy atom. The summed E-state index contributed by atoms with van der Waals surface area (Å²) < 4.78 is 29.1. The van der Waals surface area contributed by atoms with Crippen molar-refractivity contribution in [3.8, 4) is 0 Å². The fourth-order valence-electron chi connectivity index (χ4n) is 3.64. The van der Waals surface area contributed by atoms with Gasteiger partial charge in [-0.25, -0.2) is 8.42 Å². The maximum absolute atomic E-state index is 13.8. The fraction of sp³-hybridized carbons (Fsp3) is 0.231. The summed E-state index contributed by atoms with van der Waals surface area (Å²) in [5, 5.41) is 3.36. The second-order valence-corrected chi connectivity index (χ2v) is 11.7. The van der Waals surface area contributed by atoms with Gasteiger partial charge in [-0.3, -0.25) is 13.9 Å². The minimum Gasteiger partial charge on any atom is -0.355 e. The normalized spacial score (nSPS) is 12.0. The molecule has 37 heavy (non-hydrogen) atoms. The van der Waals surface area contributed by atoms with Crippen LogP contribution >= 0.6 is 39.1 Å². The van der Waals surface area contributed by atoms with Gasteiger partial charge in [0.1, 0.15) is 12.6 Å². The summed E-state index contributed by atoms with van der Waals surface area (Å²) in [5.41, 5.74) is 0.739. The molecule has 0 bridgehead atoms.